The monoisotopic (exact) mass is 433 g/mol. The third kappa shape index (κ3) is 3.63. The molecule has 2 aromatic carbocycles. The number of nitrogens with one attached hydrogen (secondary N) is 1. The minimum Gasteiger partial charge on any atom is -0.497 e. The lowest BCUT2D eigenvalue weighted by Gasteiger charge is -2.26. The first-order valence-corrected chi connectivity index (χ1v) is 11.0. The van der Waals surface area contributed by atoms with Crippen LogP contribution in [0.15, 0.2) is 42.5 Å². The number of ether oxygens (including phenoxy) is 1. The van der Waals surface area contributed by atoms with Crippen molar-refractivity contribution in [2.24, 2.45) is 0 Å². The van der Waals surface area contributed by atoms with Gasteiger partial charge in [0.2, 0.25) is 4.96 Å². The van der Waals surface area contributed by atoms with Crippen molar-refractivity contribution in [3.63, 3.8) is 0 Å². The molecule has 2 amide bonds. The number of amides is 2. The summed E-state index contributed by atoms with van der Waals surface area (Å²) in [6, 6.07) is 13.6. The molecule has 1 aliphatic rings. The highest BCUT2D eigenvalue weighted by Crippen LogP contribution is 2.30. The number of rotatable bonds is 3. The lowest BCUT2D eigenvalue weighted by Crippen LogP contribution is -2.38. The molecule has 2 aromatic heterocycles. The van der Waals surface area contributed by atoms with Crippen molar-refractivity contribution >= 4 is 28.0 Å². The topological polar surface area (TPSA) is 71.8 Å². The Balaban J connectivity index is 1.34. The molecule has 0 saturated carbocycles. The predicted octanol–water partition coefficient (Wildman–Crippen LogP) is 4.67. The van der Waals surface area contributed by atoms with Gasteiger partial charge in [0.05, 0.1) is 19.3 Å². The summed E-state index contributed by atoms with van der Waals surface area (Å²) in [5, 5.41) is 7.74. The second-order valence-electron chi connectivity index (χ2n) is 7.73. The number of nitrogens with zero attached hydrogens (tertiary/aromatic N) is 4. The highest BCUT2D eigenvalue weighted by Gasteiger charge is 2.26. The standard InChI is InChI=1S/C23H23N5O2S/c1-14-4-7-17(12-15(14)2)24-22(29)27-11-10-19-20(13-27)31-23-25-21(26-28(19)23)16-5-8-18(30-3)9-6-16/h4-9,12H,10-11,13H2,1-3H3,(H,24,29). The fourth-order valence-corrected chi connectivity index (χ4v) is 4.86. The maximum Gasteiger partial charge on any atom is 0.322 e. The molecule has 5 rings (SSSR count). The number of benzene rings is 2. The molecule has 0 aliphatic carbocycles. The number of aryl methyl sites for hydroxylation is 2. The lowest BCUT2D eigenvalue weighted by atomic mass is 10.1. The van der Waals surface area contributed by atoms with Crippen molar-refractivity contribution in [3.05, 3.63) is 64.2 Å². The van der Waals surface area contributed by atoms with E-state index in [1.165, 1.54) is 5.56 Å². The molecule has 158 valence electrons. The summed E-state index contributed by atoms with van der Waals surface area (Å²) in [5.74, 6) is 1.51. The van der Waals surface area contributed by atoms with Gasteiger partial charge in [0.1, 0.15) is 5.75 Å². The number of anilines is 1. The van der Waals surface area contributed by atoms with Crippen molar-refractivity contribution in [1.29, 1.82) is 0 Å². The third-order valence-corrected chi connectivity index (χ3v) is 6.77. The smallest absolute Gasteiger partial charge is 0.322 e. The predicted molar refractivity (Wildman–Crippen MR) is 122 cm³/mol. The van der Waals surface area contributed by atoms with Gasteiger partial charge in [0, 0.05) is 29.1 Å². The first kappa shape index (κ1) is 19.6. The fraction of sp³-hybridized carbons (Fsp3) is 0.261. The van der Waals surface area contributed by atoms with Crippen LogP contribution < -0.4 is 10.1 Å². The maximum atomic E-state index is 12.8. The summed E-state index contributed by atoms with van der Waals surface area (Å²) in [6.45, 7) is 5.33. The number of carbonyl (C=O) groups excluding carboxylic acids is 1. The molecular formula is C23H23N5O2S. The molecule has 7 nitrogen and oxygen atoms in total. The quantitative estimate of drug-likeness (QED) is 0.510. The Morgan fingerprint density at radius 1 is 1.13 bits per heavy atom. The van der Waals surface area contributed by atoms with Gasteiger partial charge in [0.25, 0.3) is 0 Å². The number of methoxy groups -OCH3 is 1. The number of hydrogen-bond donors (Lipinski definition) is 1. The highest BCUT2D eigenvalue weighted by molar-refractivity contribution is 7.17. The van der Waals surface area contributed by atoms with E-state index in [0.717, 1.165) is 44.5 Å². The molecule has 0 saturated heterocycles. The van der Waals surface area contributed by atoms with Crippen LogP contribution in [0.4, 0.5) is 10.5 Å². The summed E-state index contributed by atoms with van der Waals surface area (Å²) < 4.78 is 7.15. The van der Waals surface area contributed by atoms with Crippen LogP contribution in [0.2, 0.25) is 0 Å². The van der Waals surface area contributed by atoms with Gasteiger partial charge in [0.15, 0.2) is 5.82 Å². The fourth-order valence-electron chi connectivity index (χ4n) is 3.75. The first-order chi connectivity index (χ1) is 15.0. The second-order valence-corrected chi connectivity index (χ2v) is 8.79. The average Bonchev–Trinajstić information content (AvgIpc) is 3.34. The SMILES string of the molecule is COc1ccc(-c2nc3sc4c(n3n2)CCN(C(=O)Nc2ccc(C)c(C)c2)C4)cc1. The zero-order valence-corrected chi connectivity index (χ0v) is 18.5. The van der Waals surface area contributed by atoms with Crippen LogP contribution in [0.5, 0.6) is 5.75 Å². The van der Waals surface area contributed by atoms with Gasteiger partial charge >= 0.3 is 6.03 Å². The molecule has 0 radical (unpaired) electrons. The van der Waals surface area contributed by atoms with Crippen molar-refractivity contribution in [3.8, 4) is 17.1 Å². The third-order valence-electron chi connectivity index (χ3n) is 5.72. The average molecular weight is 434 g/mol. The van der Waals surface area contributed by atoms with Crippen LogP contribution in [0.3, 0.4) is 0 Å². The molecule has 0 fully saturated rings. The van der Waals surface area contributed by atoms with E-state index in [0.29, 0.717) is 18.9 Å². The number of urea groups is 1. The summed E-state index contributed by atoms with van der Waals surface area (Å²) in [7, 11) is 1.65. The van der Waals surface area contributed by atoms with Crippen LogP contribution in [-0.4, -0.2) is 39.2 Å². The second kappa shape index (κ2) is 7.70. The molecule has 8 heteroatoms. The Morgan fingerprint density at radius 2 is 1.94 bits per heavy atom. The van der Waals surface area contributed by atoms with E-state index in [2.05, 4.69) is 12.2 Å². The molecular weight excluding hydrogens is 410 g/mol. The lowest BCUT2D eigenvalue weighted by molar-refractivity contribution is 0.206. The molecule has 0 atom stereocenters. The molecule has 4 aromatic rings. The summed E-state index contributed by atoms with van der Waals surface area (Å²) in [5.41, 5.74) is 5.30. The van der Waals surface area contributed by atoms with Crippen molar-refractivity contribution in [2.45, 2.75) is 26.8 Å². The molecule has 0 unspecified atom stereocenters. The van der Waals surface area contributed by atoms with E-state index in [1.54, 1.807) is 18.4 Å². The van der Waals surface area contributed by atoms with Crippen LogP contribution in [0.1, 0.15) is 21.7 Å². The van der Waals surface area contributed by atoms with Crippen molar-refractivity contribution < 1.29 is 9.53 Å². The molecule has 0 bridgehead atoms. The van der Waals surface area contributed by atoms with Gasteiger partial charge < -0.3 is 15.0 Å². The van der Waals surface area contributed by atoms with Gasteiger partial charge in [-0.3, -0.25) is 0 Å². The highest BCUT2D eigenvalue weighted by atomic mass is 32.1. The minimum atomic E-state index is -0.0770. The number of carbonyl (C=O) groups is 1. The van der Waals surface area contributed by atoms with Gasteiger partial charge in [-0.2, -0.15) is 4.98 Å². The van der Waals surface area contributed by atoms with E-state index in [-0.39, 0.29) is 6.03 Å². The van der Waals surface area contributed by atoms with E-state index in [4.69, 9.17) is 14.8 Å². The van der Waals surface area contributed by atoms with Crippen LogP contribution in [0, 0.1) is 13.8 Å². The van der Waals surface area contributed by atoms with Gasteiger partial charge in [-0.05, 0) is 61.4 Å². The number of fused-ring (bicyclic) bond motifs is 3. The van der Waals surface area contributed by atoms with Crippen molar-refractivity contribution in [2.75, 3.05) is 19.0 Å². The maximum absolute atomic E-state index is 12.8. The minimum absolute atomic E-state index is 0.0770. The Bertz CT molecular complexity index is 1280. The largest absolute Gasteiger partial charge is 0.497 e. The summed E-state index contributed by atoms with van der Waals surface area (Å²) in [6.07, 6.45) is 0.751. The summed E-state index contributed by atoms with van der Waals surface area (Å²) in [4.78, 5) is 21.3. The Kier molecular flexibility index (Phi) is 4.86. The Morgan fingerprint density at radius 3 is 2.68 bits per heavy atom. The van der Waals surface area contributed by atoms with Gasteiger partial charge in [-0.25, -0.2) is 9.31 Å². The number of aromatic nitrogens is 3. The zero-order chi connectivity index (χ0) is 21.5. The van der Waals surface area contributed by atoms with Crippen molar-refractivity contribution in [1.82, 2.24) is 19.5 Å². The molecule has 31 heavy (non-hydrogen) atoms. The number of hydrogen-bond acceptors (Lipinski definition) is 5. The van der Waals surface area contributed by atoms with Crippen LogP contribution in [-0.2, 0) is 13.0 Å². The molecule has 1 N–H and O–H groups in total. The van der Waals surface area contributed by atoms with E-state index >= 15 is 0 Å². The number of thiazole rings is 1. The Hall–Kier alpha value is -3.39. The van der Waals surface area contributed by atoms with Gasteiger partial charge in [-0.1, -0.05) is 17.4 Å². The van der Waals surface area contributed by atoms with E-state index < -0.39 is 0 Å². The van der Waals surface area contributed by atoms with Crippen LogP contribution in [0.25, 0.3) is 16.3 Å². The first-order valence-electron chi connectivity index (χ1n) is 10.2. The normalized spacial score (nSPS) is 13.3. The van der Waals surface area contributed by atoms with Crippen LogP contribution >= 0.6 is 11.3 Å². The zero-order valence-electron chi connectivity index (χ0n) is 17.7. The Labute approximate surface area is 184 Å². The van der Waals surface area contributed by atoms with Gasteiger partial charge in [-0.15, -0.1) is 5.10 Å². The molecule has 3 heterocycles. The molecule has 0 spiro atoms. The molecule has 1 aliphatic heterocycles. The summed E-state index contributed by atoms with van der Waals surface area (Å²) >= 11 is 1.60. The van der Waals surface area contributed by atoms with E-state index in [9.17, 15) is 4.79 Å². The van der Waals surface area contributed by atoms with E-state index in [1.807, 2.05) is 58.8 Å².